The van der Waals surface area contributed by atoms with E-state index in [0.717, 1.165) is 23.7 Å². The van der Waals surface area contributed by atoms with Crippen LogP contribution in [0.1, 0.15) is 12.8 Å². The number of epoxide rings is 2. The van der Waals surface area contributed by atoms with Crippen LogP contribution in [0.3, 0.4) is 0 Å². The van der Waals surface area contributed by atoms with E-state index in [4.69, 9.17) is 9.47 Å². The molecule has 2 aliphatic heterocycles. The lowest BCUT2D eigenvalue weighted by molar-refractivity contribution is 0.162. The van der Waals surface area contributed by atoms with Crippen molar-refractivity contribution in [3.8, 4) is 0 Å². The topological polar surface area (TPSA) is 25.1 Å². The maximum absolute atomic E-state index is 5.69. The Morgan fingerprint density at radius 1 is 0.750 bits per heavy atom. The molecule has 0 aromatic carbocycles. The maximum Gasteiger partial charge on any atom is 0.0876 e. The fourth-order valence-corrected chi connectivity index (χ4v) is 4.58. The van der Waals surface area contributed by atoms with Crippen molar-refractivity contribution < 1.29 is 9.47 Å². The van der Waals surface area contributed by atoms with E-state index in [1.807, 2.05) is 0 Å². The Labute approximate surface area is 71.2 Å². The predicted molar refractivity (Wildman–Crippen MR) is 40.5 cm³/mol. The molecule has 0 aromatic heterocycles. The minimum absolute atomic E-state index is 0.676. The van der Waals surface area contributed by atoms with Gasteiger partial charge in [-0.1, -0.05) is 0 Å². The van der Waals surface area contributed by atoms with E-state index in [2.05, 4.69) is 0 Å². The van der Waals surface area contributed by atoms with Gasteiger partial charge in [0.05, 0.1) is 24.4 Å². The summed E-state index contributed by atoms with van der Waals surface area (Å²) in [4.78, 5) is 0. The second-order valence-corrected chi connectivity index (χ2v) is 5.24. The van der Waals surface area contributed by atoms with Crippen molar-refractivity contribution in [2.45, 2.75) is 37.3 Å². The quantitative estimate of drug-likeness (QED) is 0.495. The van der Waals surface area contributed by atoms with Gasteiger partial charge in [0.1, 0.15) is 0 Å². The van der Waals surface area contributed by atoms with Gasteiger partial charge in [0.15, 0.2) is 0 Å². The summed E-state index contributed by atoms with van der Waals surface area (Å²) < 4.78 is 11.3. The molecule has 5 aliphatic rings. The Kier molecular flexibility index (Phi) is 0.644. The number of ether oxygens (including phenoxy) is 2. The predicted octanol–water partition coefficient (Wildman–Crippen LogP) is 0.807. The molecule has 0 radical (unpaired) electrons. The van der Waals surface area contributed by atoms with Gasteiger partial charge >= 0.3 is 0 Å². The first-order chi connectivity index (χ1) is 5.93. The standard InChI is InChI=1S/C10H12O2/c1-4-3-2-6-10(11-6)7(3)5(1)9-8(4)12-9/h3-10H,1-2H2/t3-,4-,5-,6+,7+,8+,9+,10+/m0/s1. The summed E-state index contributed by atoms with van der Waals surface area (Å²) in [6.45, 7) is 0. The molecule has 2 nitrogen and oxygen atoms in total. The summed E-state index contributed by atoms with van der Waals surface area (Å²) in [5.74, 6) is 3.77. The van der Waals surface area contributed by atoms with Gasteiger partial charge < -0.3 is 9.47 Å². The largest absolute Gasteiger partial charge is 0.369 e. The van der Waals surface area contributed by atoms with Crippen molar-refractivity contribution in [2.75, 3.05) is 0 Å². The van der Waals surface area contributed by atoms with Gasteiger partial charge in [0.25, 0.3) is 0 Å². The second kappa shape index (κ2) is 1.38. The van der Waals surface area contributed by atoms with Crippen LogP contribution in [0, 0.1) is 23.7 Å². The van der Waals surface area contributed by atoms with Crippen LogP contribution in [-0.4, -0.2) is 24.4 Å². The zero-order chi connectivity index (χ0) is 7.45. The molecule has 2 heterocycles. The van der Waals surface area contributed by atoms with Gasteiger partial charge in [-0.25, -0.2) is 0 Å². The molecule has 3 saturated carbocycles. The van der Waals surface area contributed by atoms with E-state index >= 15 is 0 Å². The molecular weight excluding hydrogens is 152 g/mol. The Bertz CT molecular complexity index is 273. The zero-order valence-corrected chi connectivity index (χ0v) is 6.85. The molecule has 0 spiro atoms. The van der Waals surface area contributed by atoms with Crippen LogP contribution < -0.4 is 0 Å². The molecule has 0 aromatic rings. The van der Waals surface area contributed by atoms with Crippen LogP contribution in [-0.2, 0) is 9.47 Å². The Balaban J connectivity index is 1.66. The van der Waals surface area contributed by atoms with E-state index in [9.17, 15) is 0 Å². The fraction of sp³-hybridized carbons (Fsp3) is 1.00. The first-order valence-electron chi connectivity index (χ1n) is 5.24. The highest BCUT2D eigenvalue weighted by Gasteiger charge is 2.74. The zero-order valence-electron chi connectivity index (χ0n) is 6.85. The van der Waals surface area contributed by atoms with Gasteiger partial charge in [-0.3, -0.25) is 0 Å². The Hall–Kier alpha value is -0.0800. The molecule has 5 rings (SSSR count). The third-order valence-corrected chi connectivity index (χ3v) is 4.99. The summed E-state index contributed by atoms with van der Waals surface area (Å²) in [6, 6.07) is 0. The number of fused-ring (bicyclic) bond motifs is 10. The summed E-state index contributed by atoms with van der Waals surface area (Å²) in [5, 5.41) is 0. The van der Waals surface area contributed by atoms with Crippen LogP contribution in [0.2, 0.25) is 0 Å². The fourth-order valence-electron chi connectivity index (χ4n) is 4.58. The van der Waals surface area contributed by atoms with E-state index in [-0.39, 0.29) is 0 Å². The summed E-state index contributed by atoms with van der Waals surface area (Å²) >= 11 is 0. The van der Waals surface area contributed by atoms with Gasteiger partial charge in [0, 0.05) is 0 Å². The van der Waals surface area contributed by atoms with Gasteiger partial charge in [0.2, 0.25) is 0 Å². The molecule has 3 aliphatic carbocycles. The lowest BCUT2D eigenvalue weighted by Crippen LogP contribution is -2.27. The average molecular weight is 164 g/mol. The molecular formula is C10H12O2. The Morgan fingerprint density at radius 2 is 1.67 bits per heavy atom. The van der Waals surface area contributed by atoms with Crippen LogP contribution in [0.5, 0.6) is 0 Å². The lowest BCUT2D eigenvalue weighted by Gasteiger charge is -2.22. The molecule has 2 heteroatoms. The molecule has 2 saturated heterocycles. The normalized spacial score (nSPS) is 80.0. The maximum atomic E-state index is 5.69. The summed E-state index contributed by atoms with van der Waals surface area (Å²) in [5.41, 5.74) is 0. The molecule has 64 valence electrons. The summed E-state index contributed by atoms with van der Waals surface area (Å²) in [6.07, 6.45) is 5.58. The lowest BCUT2D eigenvalue weighted by atomic mass is 9.81. The smallest absolute Gasteiger partial charge is 0.0876 e. The van der Waals surface area contributed by atoms with Crippen molar-refractivity contribution in [1.82, 2.24) is 0 Å². The minimum atomic E-state index is 0.676. The third-order valence-electron chi connectivity index (χ3n) is 4.99. The number of rotatable bonds is 0. The molecule has 0 amide bonds. The molecule has 0 N–H and O–H groups in total. The highest BCUT2D eigenvalue weighted by atomic mass is 16.6. The van der Waals surface area contributed by atoms with Gasteiger partial charge in [-0.05, 0) is 36.5 Å². The average Bonchev–Trinajstić information content (AvgIpc) is 2.92. The highest BCUT2D eigenvalue weighted by Crippen LogP contribution is 2.69. The molecule has 0 unspecified atom stereocenters. The van der Waals surface area contributed by atoms with Crippen molar-refractivity contribution in [3.05, 3.63) is 0 Å². The minimum Gasteiger partial charge on any atom is -0.369 e. The Morgan fingerprint density at radius 3 is 2.67 bits per heavy atom. The van der Waals surface area contributed by atoms with E-state index in [0.29, 0.717) is 24.4 Å². The number of hydrogen-bond acceptors (Lipinski definition) is 2. The van der Waals surface area contributed by atoms with Gasteiger partial charge in [-0.15, -0.1) is 0 Å². The molecule has 8 atom stereocenters. The van der Waals surface area contributed by atoms with Crippen molar-refractivity contribution in [2.24, 2.45) is 23.7 Å². The van der Waals surface area contributed by atoms with Gasteiger partial charge in [-0.2, -0.15) is 0 Å². The first kappa shape index (κ1) is 5.61. The number of hydrogen-bond donors (Lipinski definition) is 0. The summed E-state index contributed by atoms with van der Waals surface area (Å²) in [7, 11) is 0. The van der Waals surface area contributed by atoms with E-state index in [1.54, 1.807) is 0 Å². The van der Waals surface area contributed by atoms with Crippen molar-refractivity contribution in [1.29, 1.82) is 0 Å². The van der Waals surface area contributed by atoms with Crippen LogP contribution in [0.15, 0.2) is 0 Å². The van der Waals surface area contributed by atoms with E-state index in [1.165, 1.54) is 12.8 Å². The van der Waals surface area contributed by atoms with Crippen LogP contribution in [0.4, 0.5) is 0 Å². The van der Waals surface area contributed by atoms with Crippen LogP contribution in [0.25, 0.3) is 0 Å². The molecule has 12 heavy (non-hydrogen) atoms. The monoisotopic (exact) mass is 164 g/mol. The second-order valence-electron chi connectivity index (χ2n) is 5.24. The highest BCUT2D eigenvalue weighted by molar-refractivity contribution is 5.21. The SMILES string of the molecule is C1[C@@H]2[C@H]3O[C@@H]3[C@@H]1[C@@H]1C[C@H]3O[C@H]3[C@@H]21. The van der Waals surface area contributed by atoms with Crippen molar-refractivity contribution >= 4 is 0 Å². The van der Waals surface area contributed by atoms with Crippen molar-refractivity contribution in [3.63, 3.8) is 0 Å². The molecule has 5 fully saturated rings. The third kappa shape index (κ3) is 0.409. The first-order valence-corrected chi connectivity index (χ1v) is 5.24. The van der Waals surface area contributed by atoms with E-state index < -0.39 is 0 Å². The van der Waals surface area contributed by atoms with Crippen LogP contribution >= 0.6 is 0 Å². The molecule has 2 bridgehead atoms.